The van der Waals surface area contributed by atoms with E-state index in [0.29, 0.717) is 29.4 Å². The molecule has 0 aromatic heterocycles. The highest BCUT2D eigenvalue weighted by atomic mass is 35.5. The summed E-state index contributed by atoms with van der Waals surface area (Å²) < 4.78 is 5.24. The Balaban J connectivity index is 2.29. The van der Waals surface area contributed by atoms with E-state index in [1.165, 1.54) is 4.90 Å². The number of amides is 2. The quantitative estimate of drug-likeness (QED) is 0.651. The smallest absolute Gasteiger partial charge is 0.336 e. The van der Waals surface area contributed by atoms with Gasteiger partial charge in [0.15, 0.2) is 0 Å². The molecule has 0 saturated carbocycles. The molecule has 0 saturated heterocycles. The summed E-state index contributed by atoms with van der Waals surface area (Å²) in [5.41, 5.74) is 1.65. The monoisotopic (exact) mass is 421 g/mol. The lowest BCUT2D eigenvalue weighted by Gasteiger charge is -2.34. The molecule has 1 N–H and O–H groups in total. The van der Waals surface area contributed by atoms with Crippen LogP contribution >= 0.6 is 11.6 Å². The van der Waals surface area contributed by atoms with Gasteiger partial charge in [-0.3, -0.25) is 9.59 Å². The Morgan fingerprint density at radius 2 is 1.93 bits per heavy atom. The van der Waals surface area contributed by atoms with E-state index in [4.69, 9.17) is 16.3 Å². The van der Waals surface area contributed by atoms with Gasteiger partial charge in [0.05, 0.1) is 12.2 Å². The van der Waals surface area contributed by atoms with Gasteiger partial charge in [-0.25, -0.2) is 4.79 Å². The lowest BCUT2D eigenvalue weighted by molar-refractivity contribution is -0.141. The summed E-state index contributed by atoms with van der Waals surface area (Å²) in [7, 11) is 3.82. The van der Waals surface area contributed by atoms with E-state index in [2.05, 4.69) is 5.32 Å². The number of esters is 1. The number of nitrogens with one attached hydrogen (secondary N) is 1. The fourth-order valence-corrected chi connectivity index (χ4v) is 3.40. The Morgan fingerprint density at radius 3 is 2.52 bits per heavy atom. The lowest BCUT2D eigenvalue weighted by atomic mass is 9.83. The Hall–Kier alpha value is -2.38. The van der Waals surface area contributed by atoms with Gasteiger partial charge in [-0.15, -0.1) is 0 Å². The highest BCUT2D eigenvalue weighted by molar-refractivity contribution is 6.30. The topological polar surface area (TPSA) is 79.0 Å². The number of carbonyl (C=O) groups excluding carboxylic acids is 3. The Morgan fingerprint density at radius 1 is 1.28 bits per heavy atom. The van der Waals surface area contributed by atoms with E-state index in [9.17, 15) is 14.4 Å². The molecule has 0 aliphatic carbocycles. The SMILES string of the molecule is CCOC(=O)C1=C(C)N(CC(=O)NCCN(C)C)C(=O)C[C@H]1c1ccc(Cl)cc1. The number of hydrogen-bond acceptors (Lipinski definition) is 5. The average Bonchev–Trinajstić information content (AvgIpc) is 2.65. The summed E-state index contributed by atoms with van der Waals surface area (Å²) in [6.45, 7) is 4.68. The molecule has 2 rings (SSSR count). The molecule has 0 spiro atoms. The molecule has 1 aliphatic rings. The first kappa shape index (κ1) is 22.9. The summed E-state index contributed by atoms with van der Waals surface area (Å²) in [6.07, 6.45) is 0.0814. The van der Waals surface area contributed by atoms with E-state index >= 15 is 0 Å². The third kappa shape index (κ3) is 6.05. The second-order valence-corrected chi connectivity index (χ2v) is 7.60. The standard InChI is InChI=1S/C21H28ClN3O4/c1-5-29-21(28)20-14(2)25(13-18(26)23-10-11-24(3)4)19(27)12-17(20)15-6-8-16(22)9-7-15/h6-9,17H,5,10-13H2,1-4H3,(H,23,26)/t17-/m0/s1. The van der Waals surface area contributed by atoms with Crippen molar-refractivity contribution in [3.63, 3.8) is 0 Å². The number of hydrogen-bond donors (Lipinski definition) is 1. The van der Waals surface area contributed by atoms with Crippen LogP contribution in [0.3, 0.4) is 0 Å². The van der Waals surface area contributed by atoms with E-state index in [1.54, 1.807) is 38.1 Å². The Bertz CT molecular complexity index is 790. The predicted molar refractivity (Wildman–Crippen MR) is 111 cm³/mol. The average molecular weight is 422 g/mol. The number of likely N-dealkylation sites (N-methyl/N-ethyl adjacent to an activating group) is 1. The van der Waals surface area contributed by atoms with Crippen LogP contribution in [0.15, 0.2) is 35.5 Å². The van der Waals surface area contributed by atoms with Crippen LogP contribution < -0.4 is 5.32 Å². The molecule has 29 heavy (non-hydrogen) atoms. The van der Waals surface area contributed by atoms with Gasteiger partial charge in [-0.1, -0.05) is 23.7 Å². The summed E-state index contributed by atoms with van der Waals surface area (Å²) in [5, 5.41) is 3.37. The molecule has 1 atom stereocenters. The molecular formula is C21H28ClN3O4. The molecule has 1 aromatic carbocycles. The Labute approximate surface area is 176 Å². The largest absolute Gasteiger partial charge is 0.463 e. The number of halogens is 1. The van der Waals surface area contributed by atoms with Gasteiger partial charge in [-0.2, -0.15) is 0 Å². The maximum atomic E-state index is 12.8. The number of carbonyl (C=O) groups is 3. The van der Waals surface area contributed by atoms with Crippen molar-refractivity contribution in [3.8, 4) is 0 Å². The maximum Gasteiger partial charge on any atom is 0.336 e. The minimum atomic E-state index is -0.476. The second-order valence-electron chi connectivity index (χ2n) is 7.16. The first-order valence-corrected chi connectivity index (χ1v) is 9.97. The summed E-state index contributed by atoms with van der Waals surface area (Å²) in [4.78, 5) is 41.1. The van der Waals surface area contributed by atoms with Gasteiger partial charge < -0.3 is 19.9 Å². The molecule has 0 radical (unpaired) electrons. The molecule has 8 heteroatoms. The zero-order chi connectivity index (χ0) is 21.6. The normalized spacial score (nSPS) is 17.0. The summed E-state index contributed by atoms with van der Waals surface area (Å²) in [5.74, 6) is -1.40. The van der Waals surface area contributed by atoms with Gasteiger partial charge in [0, 0.05) is 36.1 Å². The van der Waals surface area contributed by atoms with Crippen molar-refractivity contribution in [1.82, 2.24) is 15.1 Å². The summed E-state index contributed by atoms with van der Waals surface area (Å²) >= 11 is 5.97. The van der Waals surface area contributed by atoms with E-state index in [1.807, 2.05) is 19.0 Å². The molecule has 158 valence electrons. The van der Waals surface area contributed by atoms with Crippen LogP contribution in [0.4, 0.5) is 0 Å². The van der Waals surface area contributed by atoms with E-state index in [-0.39, 0.29) is 31.4 Å². The van der Waals surface area contributed by atoms with E-state index in [0.717, 1.165) is 5.56 Å². The highest BCUT2D eigenvalue weighted by Crippen LogP contribution is 2.37. The molecule has 2 amide bonds. The fraction of sp³-hybridized carbons (Fsp3) is 0.476. The number of ether oxygens (including phenoxy) is 1. The summed E-state index contributed by atoms with van der Waals surface area (Å²) in [6, 6.07) is 7.06. The lowest BCUT2D eigenvalue weighted by Crippen LogP contribution is -2.45. The molecule has 0 bridgehead atoms. The van der Waals surface area contributed by atoms with Crippen molar-refractivity contribution in [2.75, 3.05) is 40.3 Å². The van der Waals surface area contributed by atoms with Gasteiger partial charge in [0.2, 0.25) is 11.8 Å². The third-order valence-corrected chi connectivity index (χ3v) is 5.03. The highest BCUT2D eigenvalue weighted by Gasteiger charge is 2.37. The van der Waals surface area contributed by atoms with Crippen LogP contribution in [0, 0.1) is 0 Å². The van der Waals surface area contributed by atoms with Gasteiger partial charge >= 0.3 is 5.97 Å². The molecule has 1 heterocycles. The number of allylic oxidation sites excluding steroid dienone is 1. The third-order valence-electron chi connectivity index (χ3n) is 4.77. The van der Waals surface area contributed by atoms with Crippen LogP contribution in [0.5, 0.6) is 0 Å². The number of benzene rings is 1. The second kappa shape index (κ2) is 10.4. The molecule has 1 aromatic rings. The molecular weight excluding hydrogens is 394 g/mol. The zero-order valence-electron chi connectivity index (χ0n) is 17.3. The van der Waals surface area contributed by atoms with Crippen LogP contribution in [0.1, 0.15) is 31.7 Å². The first-order valence-electron chi connectivity index (χ1n) is 9.59. The van der Waals surface area contributed by atoms with Crippen LogP contribution in [0.2, 0.25) is 5.02 Å². The van der Waals surface area contributed by atoms with Crippen LogP contribution in [-0.4, -0.2) is 67.9 Å². The maximum absolute atomic E-state index is 12.8. The molecule has 0 fully saturated rings. The first-order chi connectivity index (χ1) is 13.7. The minimum absolute atomic E-state index is 0.0814. The van der Waals surface area contributed by atoms with Gasteiger partial charge in [0.25, 0.3) is 0 Å². The molecule has 0 unspecified atom stereocenters. The Kier molecular flexibility index (Phi) is 8.22. The molecule has 7 nitrogen and oxygen atoms in total. The van der Waals surface area contributed by atoms with E-state index < -0.39 is 11.9 Å². The van der Waals surface area contributed by atoms with Gasteiger partial charge in [-0.05, 0) is 45.6 Å². The van der Waals surface area contributed by atoms with Crippen molar-refractivity contribution in [3.05, 3.63) is 46.1 Å². The minimum Gasteiger partial charge on any atom is -0.463 e. The number of nitrogens with zero attached hydrogens (tertiary/aromatic N) is 2. The van der Waals surface area contributed by atoms with Crippen molar-refractivity contribution in [2.24, 2.45) is 0 Å². The van der Waals surface area contributed by atoms with Crippen molar-refractivity contribution in [1.29, 1.82) is 0 Å². The van der Waals surface area contributed by atoms with Crippen LogP contribution in [-0.2, 0) is 19.1 Å². The molecule has 1 aliphatic heterocycles. The number of rotatable bonds is 8. The van der Waals surface area contributed by atoms with Crippen molar-refractivity contribution < 1.29 is 19.1 Å². The fourth-order valence-electron chi connectivity index (χ4n) is 3.28. The van der Waals surface area contributed by atoms with Gasteiger partial charge in [0.1, 0.15) is 6.54 Å². The van der Waals surface area contributed by atoms with Crippen molar-refractivity contribution >= 4 is 29.4 Å². The van der Waals surface area contributed by atoms with Crippen LogP contribution in [0.25, 0.3) is 0 Å². The predicted octanol–water partition coefficient (Wildman–Crippen LogP) is 2.17. The zero-order valence-corrected chi connectivity index (χ0v) is 18.1. The van der Waals surface area contributed by atoms with Crippen molar-refractivity contribution in [2.45, 2.75) is 26.2 Å².